The van der Waals surface area contributed by atoms with Crippen molar-refractivity contribution in [3.8, 4) is 0 Å². The molecule has 2 aliphatic heterocycles. The molecule has 0 radical (unpaired) electrons. The molecule has 8 heteroatoms. The van der Waals surface area contributed by atoms with Crippen molar-refractivity contribution in [3.63, 3.8) is 0 Å². The zero-order chi connectivity index (χ0) is 24.9. The fourth-order valence-corrected chi connectivity index (χ4v) is 5.99. The Morgan fingerprint density at radius 3 is 2.37 bits per heavy atom. The number of rotatable bonds is 5. The Kier molecular flexibility index (Phi) is 5.94. The lowest BCUT2D eigenvalue weighted by Gasteiger charge is -2.29. The van der Waals surface area contributed by atoms with Gasteiger partial charge in [0.05, 0.1) is 23.9 Å². The number of hydrogen-bond acceptors (Lipinski definition) is 7. The summed E-state index contributed by atoms with van der Waals surface area (Å²) in [5, 5.41) is 2.00. The standard InChI is InChI=1S/C27H26N2O5S/c1-5-33-27(32)20-16(3)17(4)35-26(20)28-24(30)21-22(18-12-7-6-8-13-18)29(34-23(21)25(28)31)19-14-10-9-11-15(19)2/h6-14,21-23H,5H2,1-4H3. The molecule has 0 saturated carbocycles. The summed E-state index contributed by atoms with van der Waals surface area (Å²) >= 11 is 1.25. The summed E-state index contributed by atoms with van der Waals surface area (Å²) in [6, 6.07) is 16.8. The van der Waals surface area contributed by atoms with Crippen LogP contribution in [0, 0.1) is 26.7 Å². The van der Waals surface area contributed by atoms with E-state index in [2.05, 4.69) is 0 Å². The largest absolute Gasteiger partial charge is 0.462 e. The van der Waals surface area contributed by atoms with Gasteiger partial charge in [0.25, 0.3) is 5.91 Å². The second-order valence-electron chi connectivity index (χ2n) is 8.72. The second-order valence-corrected chi connectivity index (χ2v) is 9.92. The van der Waals surface area contributed by atoms with E-state index in [9.17, 15) is 14.4 Å². The van der Waals surface area contributed by atoms with Crippen molar-refractivity contribution in [2.45, 2.75) is 39.8 Å². The van der Waals surface area contributed by atoms with Crippen LogP contribution in [0.1, 0.15) is 44.9 Å². The highest BCUT2D eigenvalue weighted by atomic mass is 32.1. The van der Waals surface area contributed by atoms with Crippen LogP contribution in [0.4, 0.5) is 10.7 Å². The van der Waals surface area contributed by atoms with Crippen LogP contribution >= 0.6 is 11.3 Å². The third kappa shape index (κ3) is 3.64. The van der Waals surface area contributed by atoms with Crippen molar-refractivity contribution in [1.82, 2.24) is 0 Å². The monoisotopic (exact) mass is 490 g/mol. The number of carbonyl (C=O) groups excluding carboxylic acids is 3. The van der Waals surface area contributed by atoms with Crippen LogP contribution in [0.3, 0.4) is 0 Å². The van der Waals surface area contributed by atoms with Crippen LogP contribution in [-0.4, -0.2) is 30.5 Å². The molecule has 5 rings (SSSR count). The summed E-state index contributed by atoms with van der Waals surface area (Å²) in [5.74, 6) is -2.15. The fourth-order valence-electron chi connectivity index (χ4n) is 4.83. The Labute approximate surface area is 207 Å². The molecule has 2 saturated heterocycles. The summed E-state index contributed by atoms with van der Waals surface area (Å²) in [6.07, 6.45) is -0.995. The molecule has 0 spiro atoms. The highest BCUT2D eigenvalue weighted by Crippen LogP contribution is 2.50. The van der Waals surface area contributed by atoms with Gasteiger partial charge in [-0.3, -0.25) is 14.4 Å². The average Bonchev–Trinajstić information content (AvgIpc) is 3.45. The summed E-state index contributed by atoms with van der Waals surface area (Å²) < 4.78 is 5.24. The van der Waals surface area contributed by atoms with E-state index in [1.54, 1.807) is 18.9 Å². The van der Waals surface area contributed by atoms with E-state index in [4.69, 9.17) is 9.57 Å². The number of amides is 2. The zero-order valence-electron chi connectivity index (χ0n) is 20.0. The molecule has 0 bridgehead atoms. The van der Waals surface area contributed by atoms with E-state index < -0.39 is 29.9 Å². The number of hydrogen-bond donors (Lipinski definition) is 0. The van der Waals surface area contributed by atoms with Gasteiger partial charge in [0.15, 0.2) is 6.10 Å². The van der Waals surface area contributed by atoms with Gasteiger partial charge in [0, 0.05) is 4.88 Å². The molecule has 7 nitrogen and oxygen atoms in total. The first-order valence-corrected chi connectivity index (χ1v) is 12.4. The van der Waals surface area contributed by atoms with Crippen molar-refractivity contribution >= 4 is 39.8 Å². The number of carbonyl (C=O) groups is 3. The molecule has 3 aromatic rings. The summed E-state index contributed by atoms with van der Waals surface area (Å²) in [7, 11) is 0. The van der Waals surface area contributed by atoms with Gasteiger partial charge in [-0.1, -0.05) is 48.5 Å². The lowest BCUT2D eigenvalue weighted by Crippen LogP contribution is -2.38. The predicted molar refractivity (Wildman–Crippen MR) is 133 cm³/mol. The number of imide groups is 1. The number of nitrogens with zero attached hydrogens (tertiary/aromatic N) is 2. The third-order valence-corrected chi connectivity index (χ3v) is 7.85. The van der Waals surface area contributed by atoms with Crippen LogP contribution < -0.4 is 9.96 Å². The van der Waals surface area contributed by atoms with Gasteiger partial charge in [0.1, 0.15) is 10.9 Å². The fraction of sp³-hybridized carbons (Fsp3) is 0.296. The van der Waals surface area contributed by atoms with Crippen molar-refractivity contribution < 1.29 is 24.0 Å². The Balaban J connectivity index is 1.60. The molecule has 3 unspecified atom stereocenters. The lowest BCUT2D eigenvalue weighted by molar-refractivity contribution is -0.126. The lowest BCUT2D eigenvalue weighted by atomic mass is 9.90. The second kappa shape index (κ2) is 8.94. The number of fused-ring (bicyclic) bond motifs is 1. The van der Waals surface area contributed by atoms with Crippen LogP contribution in [0.15, 0.2) is 54.6 Å². The Hall–Kier alpha value is -3.49. The van der Waals surface area contributed by atoms with E-state index in [0.29, 0.717) is 10.6 Å². The van der Waals surface area contributed by atoms with Crippen molar-refractivity contribution in [1.29, 1.82) is 0 Å². The molecule has 35 heavy (non-hydrogen) atoms. The molecule has 0 aliphatic carbocycles. The van der Waals surface area contributed by atoms with Crippen molar-refractivity contribution in [2.24, 2.45) is 5.92 Å². The Bertz CT molecular complexity index is 1320. The maximum Gasteiger partial charge on any atom is 0.341 e. The first-order chi connectivity index (χ1) is 16.8. The number of ether oxygens (including phenoxy) is 1. The average molecular weight is 491 g/mol. The predicted octanol–water partition coefficient (Wildman–Crippen LogP) is 4.90. The topological polar surface area (TPSA) is 76.2 Å². The van der Waals surface area contributed by atoms with Gasteiger partial charge in [-0.25, -0.2) is 14.8 Å². The van der Waals surface area contributed by atoms with E-state index in [-0.39, 0.29) is 18.1 Å². The SMILES string of the molecule is CCOC(=O)c1c(N2C(=O)C3ON(c4ccccc4C)C(c4ccccc4)C3C2=O)sc(C)c1C. The molecular formula is C27H26N2O5S. The maximum absolute atomic E-state index is 13.9. The number of aryl methyl sites for hydroxylation is 2. The van der Waals surface area contributed by atoms with E-state index >= 15 is 0 Å². The number of hydroxylamine groups is 1. The third-order valence-electron chi connectivity index (χ3n) is 6.66. The van der Waals surface area contributed by atoms with Crippen LogP contribution in [0.25, 0.3) is 0 Å². The van der Waals surface area contributed by atoms with Gasteiger partial charge < -0.3 is 4.74 Å². The molecule has 2 aliphatic rings. The number of thiophene rings is 1. The summed E-state index contributed by atoms with van der Waals surface area (Å²) in [4.78, 5) is 48.7. The molecule has 0 N–H and O–H groups in total. The number of anilines is 2. The van der Waals surface area contributed by atoms with Gasteiger partial charge in [-0.15, -0.1) is 11.3 Å². The Morgan fingerprint density at radius 1 is 1.00 bits per heavy atom. The van der Waals surface area contributed by atoms with Crippen LogP contribution in [0.2, 0.25) is 0 Å². The summed E-state index contributed by atoms with van der Waals surface area (Å²) in [6.45, 7) is 7.55. The minimum atomic E-state index is -0.995. The van der Waals surface area contributed by atoms with Crippen molar-refractivity contribution in [2.75, 3.05) is 16.6 Å². The minimum absolute atomic E-state index is 0.199. The molecule has 2 amide bonds. The molecule has 2 fully saturated rings. The molecule has 1 aromatic heterocycles. The molecule has 3 heterocycles. The molecule has 180 valence electrons. The van der Waals surface area contributed by atoms with Gasteiger partial charge in [0.2, 0.25) is 5.91 Å². The van der Waals surface area contributed by atoms with Crippen molar-refractivity contribution in [3.05, 3.63) is 81.7 Å². The number of esters is 1. The van der Waals surface area contributed by atoms with E-state index in [0.717, 1.165) is 26.6 Å². The van der Waals surface area contributed by atoms with Gasteiger partial charge >= 0.3 is 5.97 Å². The smallest absolute Gasteiger partial charge is 0.341 e. The van der Waals surface area contributed by atoms with E-state index in [1.165, 1.54) is 11.3 Å². The quantitative estimate of drug-likeness (QED) is 0.374. The highest BCUT2D eigenvalue weighted by molar-refractivity contribution is 7.17. The molecule has 2 aromatic carbocycles. The highest BCUT2D eigenvalue weighted by Gasteiger charge is 2.61. The van der Waals surface area contributed by atoms with Gasteiger partial charge in [-0.05, 0) is 50.5 Å². The molecule has 3 atom stereocenters. The number of para-hydroxylation sites is 1. The Morgan fingerprint density at radius 2 is 1.69 bits per heavy atom. The summed E-state index contributed by atoms with van der Waals surface area (Å²) in [5.41, 5.74) is 3.62. The normalized spacial score (nSPS) is 21.5. The van der Waals surface area contributed by atoms with E-state index in [1.807, 2.05) is 68.4 Å². The van der Waals surface area contributed by atoms with Crippen LogP contribution in [-0.2, 0) is 19.2 Å². The first-order valence-electron chi connectivity index (χ1n) is 11.6. The van der Waals surface area contributed by atoms with Gasteiger partial charge in [-0.2, -0.15) is 0 Å². The van der Waals surface area contributed by atoms with Crippen LogP contribution in [0.5, 0.6) is 0 Å². The minimum Gasteiger partial charge on any atom is -0.462 e. The zero-order valence-corrected chi connectivity index (χ0v) is 20.8. The number of benzene rings is 2. The maximum atomic E-state index is 13.9. The molecular weight excluding hydrogens is 464 g/mol. The first kappa shape index (κ1) is 23.3.